The molecule has 0 saturated heterocycles. The van der Waals surface area contributed by atoms with Crippen LogP contribution in [-0.4, -0.2) is 21.0 Å². The molecule has 4 heteroatoms. The van der Waals surface area contributed by atoms with Crippen LogP contribution in [0.25, 0.3) is 0 Å². The van der Waals surface area contributed by atoms with E-state index in [4.69, 9.17) is 14.9 Å². The van der Waals surface area contributed by atoms with E-state index in [9.17, 15) is 0 Å². The van der Waals surface area contributed by atoms with Crippen molar-refractivity contribution in [1.82, 2.24) is 0 Å². The number of hydrogen-bond acceptors (Lipinski definition) is 3. The Labute approximate surface area is 172 Å². The second-order valence-corrected chi connectivity index (χ2v) is 14.0. The van der Waals surface area contributed by atoms with Crippen molar-refractivity contribution >= 4 is 8.32 Å². The van der Waals surface area contributed by atoms with Crippen LogP contribution in [0.15, 0.2) is 54.6 Å². The molecule has 0 heterocycles. The van der Waals surface area contributed by atoms with E-state index in [1.165, 1.54) is 5.56 Å². The Balaban J connectivity index is 1.95. The van der Waals surface area contributed by atoms with E-state index in [1.54, 1.807) is 0 Å². The quantitative estimate of drug-likeness (QED) is 0.517. The van der Waals surface area contributed by atoms with Crippen molar-refractivity contribution in [3.63, 3.8) is 0 Å². The molecule has 2 atom stereocenters. The van der Waals surface area contributed by atoms with Gasteiger partial charge in [-0.05, 0) is 54.7 Å². The van der Waals surface area contributed by atoms with E-state index in [2.05, 4.69) is 70.3 Å². The van der Waals surface area contributed by atoms with Crippen LogP contribution in [0.1, 0.15) is 51.3 Å². The fraction of sp³-hybridized carbons (Fsp3) is 0.500. The highest BCUT2D eigenvalue weighted by Gasteiger charge is 2.36. The van der Waals surface area contributed by atoms with Crippen molar-refractivity contribution in [2.45, 2.75) is 70.8 Å². The van der Waals surface area contributed by atoms with Gasteiger partial charge in [0.05, 0.1) is 0 Å². The maximum absolute atomic E-state index is 6.29. The predicted molar refractivity (Wildman–Crippen MR) is 121 cm³/mol. The fourth-order valence-electron chi connectivity index (χ4n) is 2.80. The van der Waals surface area contributed by atoms with Crippen LogP contribution in [0, 0.1) is 0 Å². The number of hydrogen-bond donors (Lipinski definition) is 1. The molecule has 0 aliphatic carbocycles. The summed E-state index contributed by atoms with van der Waals surface area (Å²) >= 11 is 0. The monoisotopic (exact) mass is 399 g/mol. The van der Waals surface area contributed by atoms with Gasteiger partial charge in [0.2, 0.25) is 0 Å². The van der Waals surface area contributed by atoms with Gasteiger partial charge >= 0.3 is 0 Å². The van der Waals surface area contributed by atoms with Gasteiger partial charge in [-0.3, -0.25) is 0 Å². The molecule has 154 valence electrons. The third kappa shape index (κ3) is 6.76. The van der Waals surface area contributed by atoms with Gasteiger partial charge in [0, 0.05) is 19.1 Å². The van der Waals surface area contributed by atoms with Gasteiger partial charge in [-0.15, -0.1) is 0 Å². The molecule has 2 aromatic rings. The molecule has 3 nitrogen and oxygen atoms in total. The lowest BCUT2D eigenvalue weighted by atomic mass is 10.0. The number of ether oxygens (including phenoxy) is 1. The zero-order chi connectivity index (χ0) is 20.8. The average molecular weight is 400 g/mol. The molecule has 0 fully saturated rings. The summed E-state index contributed by atoms with van der Waals surface area (Å²) in [6.07, 6.45) is 1.68. The first-order valence-electron chi connectivity index (χ1n) is 10.3. The number of benzene rings is 2. The molecular weight excluding hydrogens is 362 g/mol. The summed E-state index contributed by atoms with van der Waals surface area (Å²) in [4.78, 5) is 0. The third-order valence-electron chi connectivity index (χ3n) is 5.62. The van der Waals surface area contributed by atoms with Crippen LogP contribution >= 0.6 is 0 Å². The van der Waals surface area contributed by atoms with E-state index < -0.39 is 8.32 Å². The lowest BCUT2D eigenvalue weighted by Gasteiger charge is -2.36. The second-order valence-electron chi connectivity index (χ2n) is 9.23. The highest BCUT2D eigenvalue weighted by atomic mass is 28.4. The van der Waals surface area contributed by atoms with E-state index >= 15 is 0 Å². The zero-order valence-corrected chi connectivity index (χ0v) is 19.4. The Bertz CT molecular complexity index is 706. The molecule has 2 aromatic carbocycles. The van der Waals surface area contributed by atoms with Crippen molar-refractivity contribution in [2.75, 3.05) is 6.61 Å². The summed E-state index contributed by atoms with van der Waals surface area (Å²) in [6, 6.07) is 18.8. The summed E-state index contributed by atoms with van der Waals surface area (Å²) in [7, 11) is -1.68. The van der Waals surface area contributed by atoms with Gasteiger partial charge in [0.15, 0.2) is 8.32 Å². The molecule has 0 radical (unpaired) electrons. The number of rotatable bonds is 9. The standard InChI is InChI=1S/C24H37NO2Si/c1-19(25)18-23(21-10-8-7-9-11-21)27-22-14-12-20(13-15-22)16-17-26-28(5,6)24(2,3)4/h7-15,19,23H,16-18,25H2,1-6H3. The Morgan fingerprint density at radius 3 is 2.11 bits per heavy atom. The van der Waals surface area contributed by atoms with E-state index in [-0.39, 0.29) is 17.2 Å². The molecule has 2 N–H and O–H groups in total. The third-order valence-corrected chi connectivity index (χ3v) is 10.2. The van der Waals surface area contributed by atoms with Crippen LogP contribution in [0.4, 0.5) is 0 Å². The lowest BCUT2D eigenvalue weighted by Crippen LogP contribution is -2.41. The molecule has 0 aliphatic heterocycles. The minimum atomic E-state index is -1.68. The van der Waals surface area contributed by atoms with Crippen LogP contribution in [0.5, 0.6) is 5.75 Å². The molecule has 0 bridgehead atoms. The minimum absolute atomic E-state index is 0.0334. The van der Waals surface area contributed by atoms with E-state index in [1.807, 2.05) is 25.1 Å². The zero-order valence-electron chi connectivity index (χ0n) is 18.4. The van der Waals surface area contributed by atoms with Crippen molar-refractivity contribution in [3.8, 4) is 5.75 Å². The second kappa shape index (κ2) is 9.73. The van der Waals surface area contributed by atoms with Crippen LogP contribution < -0.4 is 10.5 Å². The summed E-state index contributed by atoms with van der Waals surface area (Å²) in [6.45, 7) is 14.2. The van der Waals surface area contributed by atoms with Crippen LogP contribution in [0.2, 0.25) is 18.1 Å². The van der Waals surface area contributed by atoms with E-state index in [0.29, 0.717) is 0 Å². The molecule has 0 amide bonds. The normalized spacial score (nSPS) is 14.5. The highest BCUT2D eigenvalue weighted by Crippen LogP contribution is 2.36. The average Bonchev–Trinajstić information content (AvgIpc) is 2.62. The Morgan fingerprint density at radius 2 is 1.57 bits per heavy atom. The smallest absolute Gasteiger partial charge is 0.191 e. The van der Waals surface area contributed by atoms with Crippen molar-refractivity contribution < 1.29 is 9.16 Å². The van der Waals surface area contributed by atoms with Gasteiger partial charge in [0.25, 0.3) is 0 Å². The van der Waals surface area contributed by atoms with Crippen molar-refractivity contribution in [1.29, 1.82) is 0 Å². The van der Waals surface area contributed by atoms with Gasteiger partial charge in [-0.25, -0.2) is 0 Å². The summed E-state index contributed by atoms with van der Waals surface area (Å²) in [5, 5.41) is 0.247. The first-order chi connectivity index (χ1) is 13.1. The topological polar surface area (TPSA) is 44.5 Å². The molecule has 0 aromatic heterocycles. The maximum atomic E-state index is 6.29. The van der Waals surface area contributed by atoms with Gasteiger partial charge in [-0.1, -0.05) is 63.2 Å². The van der Waals surface area contributed by atoms with Crippen molar-refractivity contribution in [3.05, 3.63) is 65.7 Å². The first-order valence-corrected chi connectivity index (χ1v) is 13.2. The van der Waals surface area contributed by atoms with Gasteiger partial charge in [0.1, 0.15) is 11.9 Å². The van der Waals surface area contributed by atoms with Crippen LogP contribution in [-0.2, 0) is 10.8 Å². The SMILES string of the molecule is CC(N)CC(Oc1ccc(CCO[Si](C)(C)C(C)(C)C)cc1)c1ccccc1. The van der Waals surface area contributed by atoms with Gasteiger partial charge < -0.3 is 14.9 Å². The first kappa shape index (κ1) is 22.7. The molecule has 2 rings (SSSR count). The Kier molecular flexibility index (Phi) is 7.87. The molecular formula is C24H37NO2Si. The largest absolute Gasteiger partial charge is 0.486 e. The summed E-state index contributed by atoms with van der Waals surface area (Å²) < 4.78 is 12.6. The molecule has 0 aliphatic rings. The molecule has 2 unspecified atom stereocenters. The summed E-state index contributed by atoms with van der Waals surface area (Å²) in [5.41, 5.74) is 8.47. The predicted octanol–water partition coefficient (Wildman–Crippen LogP) is 6.11. The number of nitrogens with two attached hydrogens (primary N) is 1. The van der Waals surface area contributed by atoms with Crippen LogP contribution in [0.3, 0.4) is 0 Å². The molecule has 0 spiro atoms. The lowest BCUT2D eigenvalue weighted by molar-refractivity contribution is 0.187. The Morgan fingerprint density at radius 1 is 0.964 bits per heavy atom. The highest BCUT2D eigenvalue weighted by molar-refractivity contribution is 6.74. The molecule has 0 saturated carbocycles. The van der Waals surface area contributed by atoms with Crippen molar-refractivity contribution in [2.24, 2.45) is 5.73 Å². The Hall–Kier alpha value is -1.62. The van der Waals surface area contributed by atoms with E-state index in [0.717, 1.165) is 30.8 Å². The fourth-order valence-corrected chi connectivity index (χ4v) is 3.84. The maximum Gasteiger partial charge on any atom is 0.191 e. The molecule has 28 heavy (non-hydrogen) atoms. The van der Waals surface area contributed by atoms with Gasteiger partial charge in [-0.2, -0.15) is 0 Å². The minimum Gasteiger partial charge on any atom is -0.486 e. The summed E-state index contributed by atoms with van der Waals surface area (Å²) in [5.74, 6) is 0.878.